The minimum atomic E-state index is -0.0838. The molecule has 0 aromatic heterocycles. The zero-order chi connectivity index (χ0) is 15.7. The van der Waals surface area contributed by atoms with Crippen molar-refractivity contribution in [2.45, 2.75) is 70.5 Å². The van der Waals surface area contributed by atoms with Crippen LogP contribution in [0.5, 0.6) is 0 Å². The summed E-state index contributed by atoms with van der Waals surface area (Å²) in [6.45, 7) is 18.3. The van der Waals surface area contributed by atoms with Crippen molar-refractivity contribution in [2.75, 3.05) is 31.9 Å². The van der Waals surface area contributed by atoms with Gasteiger partial charge in [0.15, 0.2) is 0 Å². The van der Waals surface area contributed by atoms with Crippen molar-refractivity contribution in [3.05, 3.63) is 0 Å². The summed E-state index contributed by atoms with van der Waals surface area (Å²) >= 11 is 2.11. The Kier molecular flexibility index (Phi) is 5.67. The lowest BCUT2D eigenvalue weighted by molar-refractivity contribution is -0.0795. The number of hydrogen-bond acceptors (Lipinski definition) is 4. The fraction of sp³-hybridized carbons (Fsp3) is 1.00. The maximum Gasteiger partial charge on any atom is 0.0790 e. The van der Waals surface area contributed by atoms with Gasteiger partial charge in [-0.1, -0.05) is 13.8 Å². The first kappa shape index (κ1) is 17.6. The van der Waals surface area contributed by atoms with Crippen LogP contribution in [0.4, 0.5) is 0 Å². The summed E-state index contributed by atoms with van der Waals surface area (Å²) < 4.78 is 6.43. The van der Waals surface area contributed by atoms with E-state index in [0.717, 1.165) is 18.3 Å². The Bertz CT molecular complexity index is 346. The van der Waals surface area contributed by atoms with E-state index in [2.05, 4.69) is 63.5 Å². The van der Waals surface area contributed by atoms with Crippen LogP contribution < -0.4 is 5.32 Å². The maximum atomic E-state index is 6.43. The van der Waals surface area contributed by atoms with E-state index in [-0.39, 0.29) is 11.2 Å². The van der Waals surface area contributed by atoms with Gasteiger partial charge in [-0.05, 0) is 40.7 Å². The minimum Gasteiger partial charge on any atom is -0.368 e. The molecule has 0 aliphatic carbocycles. The van der Waals surface area contributed by atoms with Crippen LogP contribution in [0, 0.1) is 5.92 Å². The second-order valence-electron chi connectivity index (χ2n) is 7.79. The van der Waals surface area contributed by atoms with E-state index in [1.54, 1.807) is 0 Å². The van der Waals surface area contributed by atoms with Gasteiger partial charge in [0, 0.05) is 42.6 Å². The Balaban J connectivity index is 2.08. The number of nitrogens with zero attached hydrogens (tertiary/aromatic N) is 1. The van der Waals surface area contributed by atoms with Crippen LogP contribution in [0.15, 0.2) is 0 Å². The Hall–Kier alpha value is 0.230. The van der Waals surface area contributed by atoms with Crippen LogP contribution in [-0.2, 0) is 4.74 Å². The summed E-state index contributed by atoms with van der Waals surface area (Å²) in [5.41, 5.74) is -0.137. The topological polar surface area (TPSA) is 24.5 Å². The van der Waals surface area contributed by atoms with Crippen LogP contribution in [0.3, 0.4) is 0 Å². The molecule has 0 radical (unpaired) electrons. The zero-order valence-corrected chi connectivity index (χ0v) is 15.6. The van der Waals surface area contributed by atoms with Gasteiger partial charge in [-0.3, -0.25) is 0 Å². The number of ether oxygens (including phenoxy) is 1. The molecule has 0 bridgehead atoms. The average Bonchev–Trinajstić information content (AvgIpc) is 2.52. The molecule has 124 valence electrons. The predicted molar refractivity (Wildman–Crippen MR) is 93.2 cm³/mol. The molecule has 21 heavy (non-hydrogen) atoms. The van der Waals surface area contributed by atoms with Gasteiger partial charge in [0.2, 0.25) is 0 Å². The lowest BCUT2D eigenvalue weighted by Crippen LogP contribution is -2.52. The third-order valence-corrected chi connectivity index (χ3v) is 6.10. The van der Waals surface area contributed by atoms with Gasteiger partial charge in [-0.2, -0.15) is 11.8 Å². The van der Waals surface area contributed by atoms with Crippen LogP contribution in [0.1, 0.15) is 48.0 Å². The standard InChI is InChI=1S/C17H34N2OS/c1-7-8-18-15-14(16(3,4)20-17(15,5)6)12-19-9-10-21-13(2)11-19/h13-15,18H,7-12H2,1-6H3. The first-order chi connectivity index (χ1) is 9.76. The summed E-state index contributed by atoms with van der Waals surface area (Å²) in [7, 11) is 0. The molecule has 0 saturated carbocycles. The van der Waals surface area contributed by atoms with Gasteiger partial charge in [0.05, 0.1) is 11.2 Å². The number of rotatable bonds is 5. The normalized spacial score (nSPS) is 36.0. The number of thioether (sulfide) groups is 1. The second-order valence-corrected chi connectivity index (χ2v) is 9.33. The molecule has 0 spiro atoms. The van der Waals surface area contributed by atoms with Crippen molar-refractivity contribution in [1.29, 1.82) is 0 Å². The highest BCUT2D eigenvalue weighted by Gasteiger charge is 2.53. The molecule has 3 unspecified atom stereocenters. The SMILES string of the molecule is CCCNC1C(CN2CCSC(C)C2)C(C)(C)OC1(C)C. The molecule has 3 atom stereocenters. The van der Waals surface area contributed by atoms with E-state index >= 15 is 0 Å². The van der Waals surface area contributed by atoms with E-state index in [0.29, 0.717) is 12.0 Å². The van der Waals surface area contributed by atoms with Gasteiger partial charge >= 0.3 is 0 Å². The molecular formula is C17H34N2OS. The third-order valence-electron chi connectivity index (χ3n) is 4.96. The van der Waals surface area contributed by atoms with Gasteiger partial charge in [-0.15, -0.1) is 0 Å². The fourth-order valence-electron chi connectivity index (χ4n) is 4.05. The largest absolute Gasteiger partial charge is 0.368 e. The highest BCUT2D eigenvalue weighted by atomic mass is 32.2. The molecule has 4 heteroatoms. The van der Waals surface area contributed by atoms with Crippen LogP contribution >= 0.6 is 11.8 Å². The number of nitrogens with one attached hydrogen (secondary N) is 1. The van der Waals surface area contributed by atoms with E-state index < -0.39 is 0 Å². The van der Waals surface area contributed by atoms with E-state index in [1.165, 1.54) is 25.3 Å². The second kappa shape index (κ2) is 6.77. The molecule has 2 aliphatic rings. The summed E-state index contributed by atoms with van der Waals surface area (Å²) in [5, 5.41) is 4.53. The van der Waals surface area contributed by atoms with Gasteiger partial charge in [0.1, 0.15) is 0 Å². The molecule has 2 aliphatic heterocycles. The highest BCUT2D eigenvalue weighted by molar-refractivity contribution is 7.99. The Morgan fingerprint density at radius 3 is 2.57 bits per heavy atom. The van der Waals surface area contributed by atoms with Crippen molar-refractivity contribution < 1.29 is 4.74 Å². The van der Waals surface area contributed by atoms with Crippen molar-refractivity contribution in [1.82, 2.24) is 10.2 Å². The third kappa shape index (κ3) is 4.15. The Morgan fingerprint density at radius 1 is 1.24 bits per heavy atom. The molecular weight excluding hydrogens is 280 g/mol. The summed E-state index contributed by atoms with van der Waals surface area (Å²) in [6, 6.07) is 0.442. The van der Waals surface area contributed by atoms with Gasteiger partial charge in [-0.25, -0.2) is 0 Å². The molecule has 0 aromatic carbocycles. The van der Waals surface area contributed by atoms with Gasteiger partial charge < -0.3 is 15.0 Å². The lowest BCUT2D eigenvalue weighted by Gasteiger charge is -2.37. The molecule has 0 amide bonds. The lowest BCUT2D eigenvalue weighted by atomic mass is 9.82. The molecule has 2 rings (SSSR count). The van der Waals surface area contributed by atoms with Crippen LogP contribution in [-0.4, -0.2) is 59.3 Å². The van der Waals surface area contributed by atoms with E-state index in [1.807, 2.05) is 0 Å². The average molecular weight is 315 g/mol. The first-order valence-corrected chi connectivity index (χ1v) is 9.58. The van der Waals surface area contributed by atoms with Crippen molar-refractivity contribution in [3.63, 3.8) is 0 Å². The van der Waals surface area contributed by atoms with E-state index in [9.17, 15) is 0 Å². The summed E-state index contributed by atoms with van der Waals surface area (Å²) in [5.74, 6) is 1.82. The zero-order valence-electron chi connectivity index (χ0n) is 14.7. The quantitative estimate of drug-likeness (QED) is 0.843. The predicted octanol–water partition coefficient (Wildman–Crippen LogP) is 3.00. The van der Waals surface area contributed by atoms with Crippen molar-refractivity contribution in [3.8, 4) is 0 Å². The molecule has 2 fully saturated rings. The Labute approximate surface area is 135 Å². The summed E-state index contributed by atoms with van der Waals surface area (Å²) in [6.07, 6.45) is 1.18. The smallest absolute Gasteiger partial charge is 0.0790 e. The van der Waals surface area contributed by atoms with Gasteiger partial charge in [0.25, 0.3) is 0 Å². The Morgan fingerprint density at radius 2 is 1.95 bits per heavy atom. The molecule has 0 aromatic rings. The first-order valence-electron chi connectivity index (χ1n) is 8.54. The molecule has 1 N–H and O–H groups in total. The summed E-state index contributed by atoms with van der Waals surface area (Å²) in [4.78, 5) is 2.65. The fourth-order valence-corrected chi connectivity index (χ4v) is 5.13. The highest BCUT2D eigenvalue weighted by Crippen LogP contribution is 2.43. The maximum absolute atomic E-state index is 6.43. The molecule has 3 nitrogen and oxygen atoms in total. The minimum absolute atomic E-state index is 0.0528. The monoisotopic (exact) mass is 314 g/mol. The van der Waals surface area contributed by atoms with Crippen LogP contribution in [0.25, 0.3) is 0 Å². The molecule has 2 saturated heterocycles. The van der Waals surface area contributed by atoms with Crippen molar-refractivity contribution >= 4 is 11.8 Å². The van der Waals surface area contributed by atoms with Crippen molar-refractivity contribution in [2.24, 2.45) is 5.92 Å². The number of hydrogen-bond donors (Lipinski definition) is 1. The molecule has 2 heterocycles. The van der Waals surface area contributed by atoms with E-state index in [4.69, 9.17) is 4.74 Å². The van der Waals surface area contributed by atoms with Crippen LogP contribution in [0.2, 0.25) is 0 Å².